The van der Waals surface area contributed by atoms with Gasteiger partial charge in [-0.15, -0.1) is 0 Å². The molecule has 100 valence electrons. The van der Waals surface area contributed by atoms with Crippen molar-refractivity contribution in [2.45, 2.75) is 27.3 Å². The second-order valence-electron chi connectivity index (χ2n) is 4.75. The summed E-state index contributed by atoms with van der Waals surface area (Å²) in [5.74, 6) is 1.37. The zero-order chi connectivity index (χ0) is 14.0. The third kappa shape index (κ3) is 2.81. The van der Waals surface area contributed by atoms with Gasteiger partial charge in [-0.25, -0.2) is 4.98 Å². The fourth-order valence-corrected chi connectivity index (χ4v) is 1.93. The molecule has 0 aliphatic heterocycles. The Labute approximate surface area is 112 Å². The molecule has 0 spiro atoms. The minimum Gasteiger partial charge on any atom is -0.334 e. The third-order valence-corrected chi connectivity index (χ3v) is 3.20. The molecule has 0 unspecified atom stereocenters. The number of amides is 1. The van der Waals surface area contributed by atoms with Crippen LogP contribution in [0.5, 0.6) is 0 Å². The van der Waals surface area contributed by atoms with E-state index in [0.29, 0.717) is 12.4 Å². The van der Waals surface area contributed by atoms with Gasteiger partial charge in [-0.05, 0) is 38.0 Å². The van der Waals surface area contributed by atoms with Gasteiger partial charge in [-0.1, -0.05) is 12.1 Å². The standard InChI is InChI=1S/C14H18N4O/c1-9-6-5-7-12(10(9)2)14(19)18(4)8-13-15-11(3)16-17-13/h5-7H,8H2,1-4H3,(H,15,16,17). The van der Waals surface area contributed by atoms with Crippen molar-refractivity contribution in [1.29, 1.82) is 0 Å². The van der Waals surface area contributed by atoms with Gasteiger partial charge in [0, 0.05) is 12.6 Å². The lowest BCUT2D eigenvalue weighted by Crippen LogP contribution is -2.27. The lowest BCUT2D eigenvalue weighted by atomic mass is 10.0. The van der Waals surface area contributed by atoms with Crippen molar-refractivity contribution >= 4 is 5.91 Å². The number of hydrogen-bond acceptors (Lipinski definition) is 3. The number of aromatic nitrogens is 3. The number of aryl methyl sites for hydroxylation is 2. The summed E-state index contributed by atoms with van der Waals surface area (Å²) in [6, 6.07) is 5.76. The molecule has 1 aromatic heterocycles. The van der Waals surface area contributed by atoms with E-state index in [4.69, 9.17) is 0 Å². The van der Waals surface area contributed by atoms with Gasteiger partial charge in [0.25, 0.3) is 5.91 Å². The molecule has 1 aromatic carbocycles. The summed E-state index contributed by atoms with van der Waals surface area (Å²) in [6.07, 6.45) is 0. The van der Waals surface area contributed by atoms with E-state index in [-0.39, 0.29) is 5.91 Å². The fraction of sp³-hybridized carbons (Fsp3) is 0.357. The normalized spacial score (nSPS) is 10.5. The summed E-state index contributed by atoms with van der Waals surface area (Å²) in [7, 11) is 1.76. The van der Waals surface area contributed by atoms with Crippen molar-refractivity contribution in [3.05, 3.63) is 46.5 Å². The zero-order valence-electron chi connectivity index (χ0n) is 11.7. The Balaban J connectivity index is 2.17. The molecule has 0 saturated carbocycles. The molecule has 0 bridgehead atoms. The van der Waals surface area contributed by atoms with E-state index in [1.54, 1.807) is 11.9 Å². The molecule has 0 fully saturated rings. The highest BCUT2D eigenvalue weighted by molar-refractivity contribution is 5.95. The quantitative estimate of drug-likeness (QED) is 0.916. The summed E-state index contributed by atoms with van der Waals surface area (Å²) in [5, 5.41) is 6.82. The van der Waals surface area contributed by atoms with Crippen LogP contribution in [-0.2, 0) is 6.54 Å². The average molecular weight is 258 g/mol. The van der Waals surface area contributed by atoms with Crippen LogP contribution in [0.4, 0.5) is 0 Å². The molecular formula is C14H18N4O. The Bertz CT molecular complexity index is 603. The SMILES string of the molecule is Cc1nc(CN(C)C(=O)c2cccc(C)c2C)n[nH]1. The van der Waals surface area contributed by atoms with E-state index in [0.717, 1.165) is 22.5 Å². The van der Waals surface area contributed by atoms with E-state index < -0.39 is 0 Å². The van der Waals surface area contributed by atoms with Crippen molar-refractivity contribution in [3.8, 4) is 0 Å². The maximum Gasteiger partial charge on any atom is 0.254 e. The topological polar surface area (TPSA) is 61.9 Å². The van der Waals surface area contributed by atoms with Gasteiger partial charge in [-0.3, -0.25) is 9.89 Å². The van der Waals surface area contributed by atoms with Crippen molar-refractivity contribution in [2.75, 3.05) is 7.05 Å². The summed E-state index contributed by atoms with van der Waals surface area (Å²) in [4.78, 5) is 18.2. The first-order valence-corrected chi connectivity index (χ1v) is 6.18. The second-order valence-corrected chi connectivity index (χ2v) is 4.75. The van der Waals surface area contributed by atoms with Crippen molar-refractivity contribution in [1.82, 2.24) is 20.1 Å². The molecule has 0 radical (unpaired) electrons. The van der Waals surface area contributed by atoms with E-state index in [2.05, 4.69) is 15.2 Å². The summed E-state index contributed by atoms with van der Waals surface area (Å²) in [5.41, 5.74) is 2.87. The number of aromatic amines is 1. The Hall–Kier alpha value is -2.17. The molecule has 0 atom stereocenters. The van der Waals surface area contributed by atoms with E-state index in [9.17, 15) is 4.79 Å². The molecule has 19 heavy (non-hydrogen) atoms. The number of H-pyrrole nitrogens is 1. The smallest absolute Gasteiger partial charge is 0.254 e. The first-order chi connectivity index (χ1) is 8.99. The van der Waals surface area contributed by atoms with Gasteiger partial charge in [0.05, 0.1) is 6.54 Å². The van der Waals surface area contributed by atoms with Gasteiger partial charge in [-0.2, -0.15) is 5.10 Å². The maximum absolute atomic E-state index is 12.4. The summed E-state index contributed by atoms with van der Waals surface area (Å²) in [6.45, 7) is 6.21. The number of benzene rings is 1. The largest absolute Gasteiger partial charge is 0.334 e. The highest BCUT2D eigenvalue weighted by Crippen LogP contribution is 2.15. The molecule has 0 aliphatic rings. The van der Waals surface area contributed by atoms with Gasteiger partial charge < -0.3 is 4.90 Å². The molecule has 1 amide bonds. The van der Waals surface area contributed by atoms with E-state index in [1.165, 1.54) is 0 Å². The summed E-state index contributed by atoms with van der Waals surface area (Å²) >= 11 is 0. The first-order valence-electron chi connectivity index (χ1n) is 6.18. The fourth-order valence-electron chi connectivity index (χ4n) is 1.93. The number of rotatable bonds is 3. The molecule has 0 aliphatic carbocycles. The maximum atomic E-state index is 12.4. The zero-order valence-corrected chi connectivity index (χ0v) is 11.7. The van der Waals surface area contributed by atoms with Crippen molar-refractivity contribution < 1.29 is 4.79 Å². The highest BCUT2D eigenvalue weighted by Gasteiger charge is 2.16. The second kappa shape index (κ2) is 5.22. The van der Waals surface area contributed by atoms with Crippen LogP contribution in [0.1, 0.15) is 33.1 Å². The Morgan fingerprint density at radius 2 is 2.05 bits per heavy atom. The van der Waals surface area contributed by atoms with Crippen LogP contribution in [0, 0.1) is 20.8 Å². The molecule has 2 rings (SSSR count). The average Bonchev–Trinajstić information content (AvgIpc) is 2.77. The number of hydrogen-bond donors (Lipinski definition) is 1. The number of carbonyl (C=O) groups is 1. The van der Waals surface area contributed by atoms with Gasteiger partial charge >= 0.3 is 0 Å². The third-order valence-electron chi connectivity index (χ3n) is 3.20. The number of nitrogens with zero attached hydrogens (tertiary/aromatic N) is 3. The molecule has 1 heterocycles. The molecule has 0 saturated heterocycles. The molecule has 5 nitrogen and oxygen atoms in total. The van der Waals surface area contributed by atoms with Crippen molar-refractivity contribution in [2.24, 2.45) is 0 Å². The number of nitrogens with one attached hydrogen (secondary N) is 1. The summed E-state index contributed by atoms with van der Waals surface area (Å²) < 4.78 is 0. The molecule has 2 aromatic rings. The minimum atomic E-state index is -0.0105. The predicted octanol–water partition coefficient (Wildman–Crippen LogP) is 2.00. The Morgan fingerprint density at radius 3 is 2.68 bits per heavy atom. The Morgan fingerprint density at radius 1 is 1.32 bits per heavy atom. The van der Waals surface area contributed by atoms with Crippen LogP contribution in [-0.4, -0.2) is 33.0 Å². The highest BCUT2D eigenvalue weighted by atomic mass is 16.2. The molecule has 5 heteroatoms. The molecular weight excluding hydrogens is 240 g/mol. The van der Waals surface area contributed by atoms with Crippen LogP contribution >= 0.6 is 0 Å². The van der Waals surface area contributed by atoms with E-state index >= 15 is 0 Å². The molecule has 1 N–H and O–H groups in total. The van der Waals surface area contributed by atoms with Crippen LogP contribution in [0.25, 0.3) is 0 Å². The monoisotopic (exact) mass is 258 g/mol. The van der Waals surface area contributed by atoms with Crippen LogP contribution in [0.15, 0.2) is 18.2 Å². The van der Waals surface area contributed by atoms with Crippen LogP contribution in [0.3, 0.4) is 0 Å². The van der Waals surface area contributed by atoms with Gasteiger partial charge in [0.1, 0.15) is 5.82 Å². The van der Waals surface area contributed by atoms with Crippen LogP contribution < -0.4 is 0 Å². The van der Waals surface area contributed by atoms with Gasteiger partial charge in [0.15, 0.2) is 5.82 Å². The first kappa shape index (κ1) is 13.3. The lowest BCUT2D eigenvalue weighted by Gasteiger charge is -2.17. The van der Waals surface area contributed by atoms with Crippen molar-refractivity contribution in [3.63, 3.8) is 0 Å². The van der Waals surface area contributed by atoms with E-state index in [1.807, 2.05) is 39.0 Å². The lowest BCUT2D eigenvalue weighted by molar-refractivity contribution is 0.0781. The van der Waals surface area contributed by atoms with Crippen LogP contribution in [0.2, 0.25) is 0 Å². The van der Waals surface area contributed by atoms with Gasteiger partial charge in [0.2, 0.25) is 0 Å². The predicted molar refractivity (Wildman–Crippen MR) is 72.8 cm³/mol. The Kier molecular flexibility index (Phi) is 3.64. The minimum absolute atomic E-state index is 0.0105. The number of carbonyl (C=O) groups excluding carboxylic acids is 1.